The Morgan fingerprint density at radius 3 is 2.30 bits per heavy atom. The van der Waals surface area contributed by atoms with Crippen LogP contribution in [0.25, 0.3) is 0 Å². The molecular weight excluding hydrogens is 306 g/mol. The van der Waals surface area contributed by atoms with E-state index in [4.69, 9.17) is 15.6 Å². The van der Waals surface area contributed by atoms with E-state index in [1.165, 1.54) is 6.92 Å². The van der Waals surface area contributed by atoms with Gasteiger partial charge in [-0.1, -0.05) is 26.2 Å². The number of rotatable bonds is 11. The van der Waals surface area contributed by atoms with Crippen LogP contribution in [0.15, 0.2) is 0 Å². The molecule has 0 fully saturated rings. The summed E-state index contributed by atoms with van der Waals surface area (Å²) in [6.45, 7) is 3.51. The number of nitrogens with one attached hydrogen (secondary N) is 2. The van der Waals surface area contributed by atoms with Gasteiger partial charge in [0.1, 0.15) is 12.1 Å². The maximum atomic E-state index is 11.9. The summed E-state index contributed by atoms with van der Waals surface area (Å²) in [5.41, 5.74) is 5.03. The highest BCUT2D eigenvalue weighted by atomic mass is 16.5. The van der Waals surface area contributed by atoms with E-state index in [0.29, 0.717) is 6.42 Å². The lowest BCUT2D eigenvalue weighted by Crippen LogP contribution is -2.52. The number of carbonyl (C=O) groups excluding carboxylic acids is 3. The van der Waals surface area contributed by atoms with Crippen molar-refractivity contribution in [3.63, 3.8) is 0 Å². The molecule has 23 heavy (non-hydrogen) atoms. The van der Waals surface area contributed by atoms with Gasteiger partial charge < -0.3 is 26.2 Å². The predicted octanol–water partition coefficient (Wildman–Crippen LogP) is 0.126. The van der Waals surface area contributed by atoms with Crippen molar-refractivity contribution in [1.29, 1.82) is 0 Å². The fraction of sp³-hybridized carbons (Fsp3) is 0.714. The Hall–Kier alpha value is -2.32. The number of carboxylic acid groups (broad SMARTS) is 1. The third-order valence-corrected chi connectivity index (χ3v) is 2.97. The molecule has 132 valence electrons. The van der Waals surface area contributed by atoms with E-state index in [0.717, 1.165) is 19.3 Å². The van der Waals surface area contributed by atoms with Crippen LogP contribution < -0.4 is 16.4 Å². The van der Waals surface area contributed by atoms with Gasteiger partial charge in [0.2, 0.25) is 11.8 Å². The monoisotopic (exact) mass is 331 g/mol. The largest absolute Gasteiger partial charge is 0.480 e. The Morgan fingerprint density at radius 1 is 1.13 bits per heavy atom. The quantitative estimate of drug-likeness (QED) is 0.395. The van der Waals surface area contributed by atoms with Gasteiger partial charge >= 0.3 is 12.1 Å². The molecule has 0 aliphatic carbocycles. The second-order valence-electron chi connectivity index (χ2n) is 5.13. The van der Waals surface area contributed by atoms with E-state index in [2.05, 4.69) is 17.6 Å². The van der Waals surface area contributed by atoms with E-state index in [-0.39, 0.29) is 6.61 Å². The van der Waals surface area contributed by atoms with E-state index in [9.17, 15) is 19.2 Å². The average molecular weight is 331 g/mol. The minimum atomic E-state index is -1.28. The molecule has 2 atom stereocenters. The molecule has 9 heteroatoms. The molecule has 5 N–H and O–H groups in total. The zero-order chi connectivity index (χ0) is 17.8. The predicted molar refractivity (Wildman–Crippen MR) is 81.5 cm³/mol. The van der Waals surface area contributed by atoms with Crippen molar-refractivity contribution in [2.45, 2.75) is 58.0 Å². The minimum Gasteiger partial charge on any atom is -0.480 e. The molecule has 0 saturated carbocycles. The lowest BCUT2D eigenvalue weighted by atomic mass is 10.1. The minimum absolute atomic E-state index is 0.197. The summed E-state index contributed by atoms with van der Waals surface area (Å²) in [4.78, 5) is 45.2. The van der Waals surface area contributed by atoms with Crippen LogP contribution in [-0.4, -0.2) is 47.7 Å². The smallest absolute Gasteiger partial charge is 0.407 e. The SMILES string of the molecule is CCCCCCOC(=O)N[C@H](CC(N)=O)C(=O)N[C@@H](C)C(=O)O. The molecule has 0 rings (SSSR count). The zero-order valence-corrected chi connectivity index (χ0v) is 13.5. The first-order valence-corrected chi connectivity index (χ1v) is 7.52. The van der Waals surface area contributed by atoms with Gasteiger partial charge in [-0.15, -0.1) is 0 Å². The Balaban J connectivity index is 4.42. The molecule has 9 nitrogen and oxygen atoms in total. The Labute approximate surface area is 134 Å². The van der Waals surface area contributed by atoms with Crippen molar-refractivity contribution in [2.24, 2.45) is 5.73 Å². The topological polar surface area (TPSA) is 148 Å². The highest BCUT2D eigenvalue weighted by Gasteiger charge is 2.26. The van der Waals surface area contributed by atoms with Crippen LogP contribution in [0.4, 0.5) is 4.79 Å². The van der Waals surface area contributed by atoms with Crippen LogP contribution in [0.1, 0.15) is 46.0 Å². The number of carbonyl (C=O) groups is 4. The number of ether oxygens (including phenoxy) is 1. The number of alkyl carbamates (subject to hydrolysis) is 1. The summed E-state index contributed by atoms with van der Waals surface area (Å²) in [7, 11) is 0. The van der Waals surface area contributed by atoms with Crippen molar-refractivity contribution < 1.29 is 29.0 Å². The van der Waals surface area contributed by atoms with Crippen LogP contribution in [0, 0.1) is 0 Å². The highest BCUT2D eigenvalue weighted by Crippen LogP contribution is 2.00. The van der Waals surface area contributed by atoms with Crippen molar-refractivity contribution in [1.82, 2.24) is 10.6 Å². The Bertz CT molecular complexity index is 427. The van der Waals surface area contributed by atoms with Crippen LogP contribution in [-0.2, 0) is 19.1 Å². The van der Waals surface area contributed by atoms with Crippen molar-refractivity contribution in [3.05, 3.63) is 0 Å². The fourth-order valence-electron chi connectivity index (χ4n) is 1.66. The van der Waals surface area contributed by atoms with Crippen molar-refractivity contribution in [2.75, 3.05) is 6.61 Å². The molecule has 0 aromatic rings. The Kier molecular flexibility index (Phi) is 10.1. The van der Waals surface area contributed by atoms with Crippen LogP contribution >= 0.6 is 0 Å². The second kappa shape index (κ2) is 11.3. The number of hydrogen-bond donors (Lipinski definition) is 4. The normalized spacial score (nSPS) is 12.8. The van der Waals surface area contributed by atoms with E-state index in [1.54, 1.807) is 0 Å². The average Bonchev–Trinajstić information content (AvgIpc) is 2.45. The van der Waals surface area contributed by atoms with Gasteiger partial charge in [0.05, 0.1) is 13.0 Å². The highest BCUT2D eigenvalue weighted by molar-refractivity contribution is 5.92. The van der Waals surface area contributed by atoms with Gasteiger partial charge in [-0.3, -0.25) is 14.4 Å². The molecule has 0 saturated heterocycles. The first-order valence-electron chi connectivity index (χ1n) is 7.52. The van der Waals surface area contributed by atoms with Gasteiger partial charge in [0.25, 0.3) is 0 Å². The number of nitrogens with two attached hydrogens (primary N) is 1. The van der Waals surface area contributed by atoms with Crippen LogP contribution in [0.3, 0.4) is 0 Å². The summed E-state index contributed by atoms with van der Waals surface area (Å²) in [5.74, 6) is -2.87. The van der Waals surface area contributed by atoms with Gasteiger partial charge in [0.15, 0.2) is 0 Å². The molecule has 0 spiro atoms. The molecular formula is C14H25N3O6. The van der Waals surface area contributed by atoms with Gasteiger partial charge in [0, 0.05) is 0 Å². The van der Waals surface area contributed by atoms with Gasteiger partial charge in [-0.25, -0.2) is 4.79 Å². The summed E-state index contributed by atoms with van der Waals surface area (Å²) < 4.78 is 4.90. The maximum Gasteiger partial charge on any atom is 0.407 e. The molecule has 0 radical (unpaired) electrons. The number of unbranched alkanes of at least 4 members (excludes halogenated alkanes) is 3. The molecule has 0 bridgehead atoms. The lowest BCUT2D eigenvalue weighted by molar-refractivity contribution is -0.141. The third kappa shape index (κ3) is 10.1. The number of hydrogen-bond acceptors (Lipinski definition) is 5. The molecule has 0 aliphatic rings. The zero-order valence-electron chi connectivity index (χ0n) is 13.5. The molecule has 0 heterocycles. The standard InChI is InChI=1S/C14H25N3O6/c1-3-4-5-6-7-23-14(22)17-10(8-11(15)18)12(19)16-9(2)13(20)21/h9-10H,3-8H2,1-2H3,(H2,15,18)(H,16,19)(H,17,22)(H,20,21)/t9-,10+/m0/s1. The molecule has 0 aromatic carbocycles. The fourth-order valence-corrected chi connectivity index (χ4v) is 1.66. The van der Waals surface area contributed by atoms with Crippen LogP contribution in [0.2, 0.25) is 0 Å². The van der Waals surface area contributed by atoms with Gasteiger partial charge in [-0.05, 0) is 13.3 Å². The number of aliphatic carboxylic acids is 1. The number of amides is 3. The number of carboxylic acids is 1. The van der Waals surface area contributed by atoms with E-state index >= 15 is 0 Å². The first kappa shape index (κ1) is 20.7. The summed E-state index contributed by atoms with van der Waals surface area (Å²) in [6.07, 6.45) is 2.39. The third-order valence-electron chi connectivity index (χ3n) is 2.97. The Morgan fingerprint density at radius 2 is 1.78 bits per heavy atom. The number of primary amides is 1. The molecule has 0 unspecified atom stereocenters. The molecule has 0 aromatic heterocycles. The molecule has 3 amide bonds. The van der Waals surface area contributed by atoms with E-state index < -0.39 is 42.4 Å². The first-order chi connectivity index (χ1) is 10.8. The van der Waals surface area contributed by atoms with Crippen molar-refractivity contribution in [3.8, 4) is 0 Å². The molecule has 0 aliphatic heterocycles. The summed E-state index contributed by atoms with van der Waals surface area (Å²) >= 11 is 0. The summed E-state index contributed by atoms with van der Waals surface area (Å²) in [5, 5.41) is 13.1. The van der Waals surface area contributed by atoms with E-state index in [1.807, 2.05) is 0 Å². The van der Waals surface area contributed by atoms with Crippen molar-refractivity contribution >= 4 is 23.9 Å². The lowest BCUT2D eigenvalue weighted by Gasteiger charge is -2.18. The second-order valence-corrected chi connectivity index (χ2v) is 5.13. The summed E-state index contributed by atoms with van der Waals surface area (Å²) in [6, 6.07) is -2.44. The van der Waals surface area contributed by atoms with Gasteiger partial charge in [-0.2, -0.15) is 0 Å². The van der Waals surface area contributed by atoms with Crippen LogP contribution in [0.5, 0.6) is 0 Å². The maximum absolute atomic E-state index is 11.9.